The van der Waals surface area contributed by atoms with Crippen LogP contribution in [0.25, 0.3) is 4.96 Å². The summed E-state index contributed by atoms with van der Waals surface area (Å²) in [6.45, 7) is 3.06. The van der Waals surface area contributed by atoms with E-state index in [-0.39, 0.29) is 6.04 Å². The second-order valence-electron chi connectivity index (χ2n) is 4.91. The van der Waals surface area contributed by atoms with Crippen molar-refractivity contribution in [1.29, 1.82) is 0 Å². The number of aromatic nitrogens is 2. The molecule has 0 fully saturated rings. The van der Waals surface area contributed by atoms with Crippen molar-refractivity contribution < 1.29 is 4.74 Å². The predicted octanol–water partition coefficient (Wildman–Crippen LogP) is 3.30. The molecule has 0 spiro atoms. The zero-order chi connectivity index (χ0) is 14.7. The third-order valence-electron chi connectivity index (χ3n) is 3.53. The second kappa shape index (κ2) is 6.28. The first-order chi connectivity index (χ1) is 10.3. The molecule has 4 nitrogen and oxygen atoms in total. The van der Waals surface area contributed by atoms with Crippen molar-refractivity contribution in [2.24, 2.45) is 0 Å². The van der Waals surface area contributed by atoms with E-state index in [2.05, 4.69) is 45.3 Å². The zero-order valence-electron chi connectivity index (χ0n) is 12.2. The van der Waals surface area contributed by atoms with Crippen LogP contribution in [-0.2, 0) is 6.42 Å². The minimum atomic E-state index is 0.269. The van der Waals surface area contributed by atoms with Gasteiger partial charge in [0.1, 0.15) is 5.75 Å². The van der Waals surface area contributed by atoms with Crippen LogP contribution in [-0.4, -0.2) is 23.0 Å². The van der Waals surface area contributed by atoms with E-state index in [0.717, 1.165) is 29.4 Å². The van der Waals surface area contributed by atoms with E-state index in [1.54, 1.807) is 18.4 Å². The molecule has 1 unspecified atom stereocenters. The molecular weight excluding hydrogens is 282 g/mol. The van der Waals surface area contributed by atoms with Crippen LogP contribution in [0.2, 0.25) is 0 Å². The molecule has 0 saturated heterocycles. The number of methoxy groups -OCH3 is 1. The van der Waals surface area contributed by atoms with Gasteiger partial charge in [-0.15, -0.1) is 11.3 Å². The van der Waals surface area contributed by atoms with E-state index in [0.29, 0.717) is 0 Å². The monoisotopic (exact) mass is 301 g/mol. The van der Waals surface area contributed by atoms with Gasteiger partial charge in [-0.05, 0) is 24.2 Å². The number of nitrogens with zero attached hydrogens (tertiary/aromatic N) is 2. The van der Waals surface area contributed by atoms with Crippen LogP contribution in [0.5, 0.6) is 5.75 Å². The predicted molar refractivity (Wildman–Crippen MR) is 86.2 cm³/mol. The van der Waals surface area contributed by atoms with Crippen LogP contribution in [0.1, 0.15) is 24.2 Å². The van der Waals surface area contributed by atoms with Crippen molar-refractivity contribution in [2.75, 3.05) is 13.7 Å². The van der Waals surface area contributed by atoms with Gasteiger partial charge in [0.25, 0.3) is 0 Å². The molecule has 1 aromatic carbocycles. The van der Waals surface area contributed by atoms with E-state index in [1.165, 1.54) is 5.56 Å². The highest BCUT2D eigenvalue weighted by Crippen LogP contribution is 2.22. The summed E-state index contributed by atoms with van der Waals surface area (Å²) >= 11 is 1.66. The summed E-state index contributed by atoms with van der Waals surface area (Å²) < 4.78 is 7.30. The molecule has 0 saturated carbocycles. The SMILES string of the molecule is CCNC(Cc1cn2ccsc2n1)c1ccc(OC)cc1. The number of hydrogen-bond acceptors (Lipinski definition) is 4. The molecule has 2 aromatic heterocycles. The summed E-state index contributed by atoms with van der Waals surface area (Å²) in [7, 11) is 1.69. The number of nitrogens with one attached hydrogen (secondary N) is 1. The first-order valence-electron chi connectivity index (χ1n) is 7.08. The number of ether oxygens (including phenoxy) is 1. The van der Waals surface area contributed by atoms with Gasteiger partial charge in [-0.25, -0.2) is 4.98 Å². The Morgan fingerprint density at radius 3 is 2.81 bits per heavy atom. The Labute approximate surface area is 128 Å². The molecule has 1 N–H and O–H groups in total. The molecular formula is C16H19N3OS. The second-order valence-corrected chi connectivity index (χ2v) is 5.79. The van der Waals surface area contributed by atoms with Gasteiger partial charge < -0.3 is 10.1 Å². The molecule has 0 aliphatic rings. The number of rotatable bonds is 6. The molecule has 0 radical (unpaired) electrons. The molecule has 3 aromatic rings. The average Bonchev–Trinajstić information content (AvgIpc) is 3.08. The summed E-state index contributed by atoms with van der Waals surface area (Å²) in [5.41, 5.74) is 2.37. The zero-order valence-corrected chi connectivity index (χ0v) is 13.1. The standard InChI is InChI=1S/C16H19N3OS/c1-3-17-15(12-4-6-14(20-2)7-5-12)10-13-11-19-8-9-21-16(19)18-13/h4-9,11,15,17H,3,10H2,1-2H3. The van der Waals surface area contributed by atoms with Gasteiger partial charge in [-0.1, -0.05) is 19.1 Å². The van der Waals surface area contributed by atoms with Crippen LogP contribution < -0.4 is 10.1 Å². The van der Waals surface area contributed by atoms with E-state index in [4.69, 9.17) is 4.74 Å². The maximum absolute atomic E-state index is 5.22. The molecule has 2 heterocycles. The highest BCUT2D eigenvalue weighted by atomic mass is 32.1. The third kappa shape index (κ3) is 3.09. The van der Waals surface area contributed by atoms with Crippen LogP contribution in [0, 0.1) is 0 Å². The van der Waals surface area contributed by atoms with Gasteiger partial charge >= 0.3 is 0 Å². The number of imidazole rings is 1. The van der Waals surface area contributed by atoms with Gasteiger partial charge in [-0.2, -0.15) is 0 Å². The minimum Gasteiger partial charge on any atom is -0.497 e. The molecule has 0 amide bonds. The van der Waals surface area contributed by atoms with Gasteiger partial charge in [0.05, 0.1) is 12.8 Å². The van der Waals surface area contributed by atoms with Gasteiger partial charge in [0.2, 0.25) is 0 Å². The fraction of sp³-hybridized carbons (Fsp3) is 0.312. The lowest BCUT2D eigenvalue weighted by Gasteiger charge is -2.17. The minimum absolute atomic E-state index is 0.269. The van der Waals surface area contributed by atoms with Crippen molar-refractivity contribution in [2.45, 2.75) is 19.4 Å². The number of benzene rings is 1. The van der Waals surface area contributed by atoms with Gasteiger partial charge in [0.15, 0.2) is 4.96 Å². The Kier molecular flexibility index (Phi) is 4.22. The normalized spacial score (nSPS) is 12.7. The first kappa shape index (κ1) is 14.1. The van der Waals surface area contributed by atoms with Crippen molar-refractivity contribution in [1.82, 2.24) is 14.7 Å². The van der Waals surface area contributed by atoms with Crippen LogP contribution >= 0.6 is 11.3 Å². The highest BCUT2D eigenvalue weighted by Gasteiger charge is 2.14. The summed E-state index contributed by atoms with van der Waals surface area (Å²) in [5, 5.41) is 5.59. The Balaban J connectivity index is 1.81. The fourth-order valence-corrected chi connectivity index (χ4v) is 3.19. The molecule has 0 bridgehead atoms. The van der Waals surface area contributed by atoms with Crippen LogP contribution in [0.4, 0.5) is 0 Å². The largest absolute Gasteiger partial charge is 0.497 e. The molecule has 5 heteroatoms. The van der Waals surface area contributed by atoms with E-state index < -0.39 is 0 Å². The molecule has 1 atom stereocenters. The molecule has 0 aliphatic heterocycles. The molecule has 0 aliphatic carbocycles. The van der Waals surface area contributed by atoms with E-state index in [1.807, 2.05) is 18.3 Å². The lowest BCUT2D eigenvalue weighted by Crippen LogP contribution is -2.23. The quantitative estimate of drug-likeness (QED) is 0.759. The maximum atomic E-state index is 5.22. The highest BCUT2D eigenvalue weighted by molar-refractivity contribution is 7.15. The van der Waals surface area contributed by atoms with Crippen LogP contribution in [0.15, 0.2) is 42.0 Å². The van der Waals surface area contributed by atoms with Crippen LogP contribution in [0.3, 0.4) is 0 Å². The van der Waals surface area contributed by atoms with Crippen molar-refractivity contribution in [3.63, 3.8) is 0 Å². The molecule has 3 rings (SSSR count). The number of hydrogen-bond donors (Lipinski definition) is 1. The Bertz CT molecular complexity index is 673. The number of fused-ring (bicyclic) bond motifs is 1. The summed E-state index contributed by atoms with van der Waals surface area (Å²) in [6, 6.07) is 8.51. The lowest BCUT2D eigenvalue weighted by atomic mass is 10.0. The number of thiazole rings is 1. The molecule has 21 heavy (non-hydrogen) atoms. The third-order valence-corrected chi connectivity index (χ3v) is 4.30. The fourth-order valence-electron chi connectivity index (χ4n) is 2.47. The summed E-state index contributed by atoms with van der Waals surface area (Å²) in [5.74, 6) is 0.886. The van der Waals surface area contributed by atoms with Crippen molar-refractivity contribution in [3.05, 3.63) is 53.3 Å². The van der Waals surface area contributed by atoms with Crippen molar-refractivity contribution in [3.8, 4) is 5.75 Å². The smallest absolute Gasteiger partial charge is 0.193 e. The first-order valence-corrected chi connectivity index (χ1v) is 7.96. The van der Waals surface area contributed by atoms with E-state index in [9.17, 15) is 0 Å². The van der Waals surface area contributed by atoms with E-state index >= 15 is 0 Å². The van der Waals surface area contributed by atoms with Crippen molar-refractivity contribution >= 4 is 16.3 Å². The molecule has 110 valence electrons. The Hall–Kier alpha value is -1.85. The Morgan fingerprint density at radius 2 is 2.14 bits per heavy atom. The van der Waals surface area contributed by atoms with Gasteiger partial charge in [0, 0.05) is 30.2 Å². The Morgan fingerprint density at radius 1 is 1.33 bits per heavy atom. The average molecular weight is 301 g/mol. The number of likely N-dealkylation sites (N-methyl/N-ethyl adjacent to an activating group) is 1. The summed E-state index contributed by atoms with van der Waals surface area (Å²) in [6.07, 6.45) is 5.04. The van der Waals surface area contributed by atoms with Gasteiger partial charge in [-0.3, -0.25) is 4.40 Å². The topological polar surface area (TPSA) is 38.6 Å². The lowest BCUT2D eigenvalue weighted by molar-refractivity contribution is 0.414. The summed E-state index contributed by atoms with van der Waals surface area (Å²) in [4.78, 5) is 5.72. The maximum Gasteiger partial charge on any atom is 0.193 e.